The number of amides is 1. The van der Waals surface area contributed by atoms with E-state index in [1.165, 1.54) is 4.88 Å². The van der Waals surface area contributed by atoms with Crippen LogP contribution in [0, 0.1) is 27.7 Å². The summed E-state index contributed by atoms with van der Waals surface area (Å²) in [4.78, 5) is 19.9. The van der Waals surface area contributed by atoms with E-state index in [1.807, 2.05) is 34.7 Å². The largest absolute Gasteiger partial charge is 0.361 e. The van der Waals surface area contributed by atoms with E-state index in [9.17, 15) is 4.79 Å². The summed E-state index contributed by atoms with van der Waals surface area (Å²) in [7, 11) is 1.84. The fraction of sp³-hybridized carbons (Fsp3) is 0.562. The van der Waals surface area contributed by atoms with E-state index in [0.29, 0.717) is 12.8 Å². The van der Waals surface area contributed by atoms with Gasteiger partial charge in [-0.2, -0.15) is 0 Å². The molecule has 0 aromatic carbocycles. The van der Waals surface area contributed by atoms with Crippen LogP contribution in [0.25, 0.3) is 0 Å². The van der Waals surface area contributed by atoms with Crippen LogP contribution in [-0.2, 0) is 11.2 Å². The molecule has 1 amide bonds. The molecule has 2 rings (SSSR count). The summed E-state index contributed by atoms with van der Waals surface area (Å²) in [5, 5.41) is 4.97. The van der Waals surface area contributed by atoms with Crippen LogP contribution in [0.2, 0.25) is 0 Å². The highest BCUT2D eigenvalue weighted by molar-refractivity contribution is 7.11. The minimum absolute atomic E-state index is 0.0119. The van der Waals surface area contributed by atoms with Crippen molar-refractivity contribution in [3.8, 4) is 0 Å². The molecular formula is C16H23N3O2S. The van der Waals surface area contributed by atoms with Crippen molar-refractivity contribution in [1.82, 2.24) is 15.0 Å². The van der Waals surface area contributed by atoms with Crippen molar-refractivity contribution in [1.29, 1.82) is 0 Å². The first-order chi connectivity index (χ1) is 10.3. The van der Waals surface area contributed by atoms with E-state index in [0.717, 1.165) is 27.7 Å². The van der Waals surface area contributed by atoms with Crippen molar-refractivity contribution in [3.05, 3.63) is 32.6 Å². The molecule has 5 nitrogen and oxygen atoms in total. The quantitative estimate of drug-likeness (QED) is 0.845. The van der Waals surface area contributed by atoms with Gasteiger partial charge in [0.2, 0.25) is 5.91 Å². The van der Waals surface area contributed by atoms with Crippen LogP contribution in [0.15, 0.2) is 4.52 Å². The van der Waals surface area contributed by atoms with Gasteiger partial charge in [-0.1, -0.05) is 5.16 Å². The topological polar surface area (TPSA) is 59.2 Å². The molecule has 0 aliphatic rings. The van der Waals surface area contributed by atoms with Gasteiger partial charge in [0, 0.05) is 23.9 Å². The Kier molecular flexibility index (Phi) is 5.01. The highest BCUT2D eigenvalue weighted by Crippen LogP contribution is 2.26. The lowest BCUT2D eigenvalue weighted by Gasteiger charge is -2.24. The zero-order chi connectivity index (χ0) is 16.4. The third-order valence-corrected chi connectivity index (χ3v) is 4.98. The second-order valence-corrected chi connectivity index (χ2v) is 7.06. The number of aryl methyl sites for hydroxylation is 4. The number of hydrogen-bond donors (Lipinski definition) is 0. The van der Waals surface area contributed by atoms with Gasteiger partial charge in [0.05, 0.1) is 22.4 Å². The number of hydrogen-bond acceptors (Lipinski definition) is 5. The molecule has 22 heavy (non-hydrogen) atoms. The summed E-state index contributed by atoms with van der Waals surface area (Å²) in [5.74, 6) is 0.907. The Labute approximate surface area is 135 Å². The Morgan fingerprint density at radius 3 is 2.50 bits per heavy atom. The molecule has 0 bridgehead atoms. The van der Waals surface area contributed by atoms with Crippen LogP contribution < -0.4 is 0 Å². The highest BCUT2D eigenvalue weighted by atomic mass is 32.1. The van der Waals surface area contributed by atoms with Crippen molar-refractivity contribution in [2.45, 2.75) is 53.5 Å². The molecule has 0 aliphatic carbocycles. The van der Waals surface area contributed by atoms with Gasteiger partial charge in [0.15, 0.2) is 0 Å². The van der Waals surface area contributed by atoms with Crippen molar-refractivity contribution in [2.75, 3.05) is 7.05 Å². The lowest BCUT2D eigenvalue weighted by atomic mass is 10.1. The second-order valence-electron chi connectivity index (χ2n) is 5.66. The Morgan fingerprint density at radius 2 is 2.00 bits per heavy atom. The molecule has 2 aromatic heterocycles. The zero-order valence-electron chi connectivity index (χ0n) is 14.1. The highest BCUT2D eigenvalue weighted by Gasteiger charge is 2.22. The average Bonchev–Trinajstić information content (AvgIpc) is 2.97. The molecule has 2 heterocycles. The maximum absolute atomic E-state index is 12.4. The van der Waals surface area contributed by atoms with Crippen LogP contribution in [-0.4, -0.2) is 28.0 Å². The SMILES string of the molecule is Cc1nc(C(C)N(C)C(=O)CCc2c(C)noc2C)c(C)s1. The summed E-state index contributed by atoms with van der Waals surface area (Å²) in [5.41, 5.74) is 2.90. The van der Waals surface area contributed by atoms with E-state index in [4.69, 9.17) is 4.52 Å². The Balaban J connectivity index is 2.01. The van der Waals surface area contributed by atoms with Crippen molar-refractivity contribution >= 4 is 17.2 Å². The maximum Gasteiger partial charge on any atom is 0.223 e. The minimum atomic E-state index is -0.0119. The molecule has 0 saturated carbocycles. The van der Waals surface area contributed by atoms with Gasteiger partial charge < -0.3 is 9.42 Å². The first kappa shape index (κ1) is 16.7. The zero-order valence-corrected chi connectivity index (χ0v) is 14.9. The number of carbonyl (C=O) groups excluding carboxylic acids is 1. The average molecular weight is 321 g/mol. The predicted octanol–water partition coefficient (Wildman–Crippen LogP) is 3.52. The van der Waals surface area contributed by atoms with Gasteiger partial charge in [-0.25, -0.2) is 4.98 Å². The number of carbonyl (C=O) groups is 1. The van der Waals surface area contributed by atoms with E-state index >= 15 is 0 Å². The number of aromatic nitrogens is 2. The van der Waals surface area contributed by atoms with Crippen molar-refractivity contribution in [3.63, 3.8) is 0 Å². The molecule has 0 fully saturated rings. The van der Waals surface area contributed by atoms with Gasteiger partial charge in [0.25, 0.3) is 0 Å². The second kappa shape index (κ2) is 6.60. The van der Waals surface area contributed by atoms with Crippen LogP contribution in [0.3, 0.4) is 0 Å². The maximum atomic E-state index is 12.4. The van der Waals surface area contributed by atoms with E-state index in [-0.39, 0.29) is 11.9 Å². The first-order valence-electron chi connectivity index (χ1n) is 7.42. The lowest BCUT2D eigenvalue weighted by molar-refractivity contribution is -0.131. The molecule has 120 valence electrons. The van der Waals surface area contributed by atoms with Crippen LogP contribution in [0.1, 0.15) is 52.0 Å². The molecule has 1 unspecified atom stereocenters. The number of thiazole rings is 1. The smallest absolute Gasteiger partial charge is 0.223 e. The molecule has 0 N–H and O–H groups in total. The van der Waals surface area contributed by atoms with Gasteiger partial charge in [-0.15, -0.1) is 11.3 Å². The third-order valence-electron chi connectivity index (χ3n) is 4.08. The molecule has 1 atom stereocenters. The fourth-order valence-corrected chi connectivity index (χ4v) is 3.51. The van der Waals surface area contributed by atoms with Gasteiger partial charge in [-0.3, -0.25) is 4.79 Å². The first-order valence-corrected chi connectivity index (χ1v) is 8.24. The van der Waals surface area contributed by atoms with Crippen molar-refractivity contribution < 1.29 is 9.32 Å². The van der Waals surface area contributed by atoms with Gasteiger partial charge in [-0.05, 0) is 41.0 Å². The van der Waals surface area contributed by atoms with Gasteiger partial charge >= 0.3 is 0 Å². The van der Waals surface area contributed by atoms with Crippen LogP contribution >= 0.6 is 11.3 Å². The van der Waals surface area contributed by atoms with E-state index in [1.54, 1.807) is 16.2 Å². The molecule has 0 saturated heterocycles. The monoisotopic (exact) mass is 321 g/mol. The standard InChI is InChI=1S/C16H23N3O2S/c1-9-14(11(3)21-18-9)7-8-15(20)19(6)10(2)16-12(4)22-13(5)17-16/h10H,7-8H2,1-6H3. The van der Waals surface area contributed by atoms with Gasteiger partial charge in [0.1, 0.15) is 5.76 Å². The molecule has 6 heteroatoms. The summed E-state index contributed by atoms with van der Waals surface area (Å²) < 4.78 is 5.14. The van der Waals surface area contributed by atoms with Crippen LogP contribution in [0.4, 0.5) is 0 Å². The minimum Gasteiger partial charge on any atom is -0.361 e. The molecule has 0 radical (unpaired) electrons. The molecular weight excluding hydrogens is 298 g/mol. The summed E-state index contributed by atoms with van der Waals surface area (Å²) >= 11 is 1.67. The fourth-order valence-electron chi connectivity index (χ4n) is 2.60. The summed E-state index contributed by atoms with van der Waals surface area (Å²) in [6.07, 6.45) is 1.11. The summed E-state index contributed by atoms with van der Waals surface area (Å²) in [6, 6.07) is -0.0119. The van der Waals surface area contributed by atoms with E-state index < -0.39 is 0 Å². The lowest BCUT2D eigenvalue weighted by Crippen LogP contribution is -2.30. The summed E-state index contributed by atoms with van der Waals surface area (Å²) in [6.45, 7) is 9.86. The molecule has 0 spiro atoms. The predicted molar refractivity (Wildman–Crippen MR) is 87.1 cm³/mol. The van der Waals surface area contributed by atoms with Crippen molar-refractivity contribution in [2.24, 2.45) is 0 Å². The molecule has 0 aliphatic heterocycles. The number of nitrogens with zero attached hydrogens (tertiary/aromatic N) is 3. The van der Waals surface area contributed by atoms with Crippen LogP contribution in [0.5, 0.6) is 0 Å². The Hall–Kier alpha value is -1.69. The number of rotatable bonds is 5. The normalized spacial score (nSPS) is 12.5. The Morgan fingerprint density at radius 1 is 1.32 bits per heavy atom. The van der Waals surface area contributed by atoms with E-state index in [2.05, 4.69) is 17.1 Å². The Bertz CT molecular complexity index is 655. The third kappa shape index (κ3) is 3.38. The molecule has 2 aromatic rings.